The number of rotatable bonds is 8. The maximum absolute atomic E-state index is 14.1. The van der Waals surface area contributed by atoms with Crippen molar-refractivity contribution in [1.82, 2.24) is 9.97 Å². The maximum Gasteiger partial charge on any atom is 0.152 e. The van der Waals surface area contributed by atoms with E-state index in [0.717, 1.165) is 25.7 Å². The number of methoxy groups -OCH3 is 2. The second-order valence-electron chi connectivity index (χ2n) is 9.02. The number of anilines is 2. The molecular formula is C26H31FN4O4S. The fourth-order valence-corrected chi connectivity index (χ4v) is 4.88. The quantitative estimate of drug-likeness (QED) is 0.370. The zero-order chi connectivity index (χ0) is 25.7. The molecule has 4 rings (SSSR count). The maximum atomic E-state index is 14.1. The average Bonchev–Trinajstić information content (AvgIpc) is 2.84. The molecule has 0 amide bonds. The first-order valence-electron chi connectivity index (χ1n) is 11.7. The van der Waals surface area contributed by atoms with Gasteiger partial charge < -0.3 is 19.5 Å². The molecule has 1 N–H and O–H groups in total. The normalized spacial score (nSPS) is 18.4. The van der Waals surface area contributed by atoms with E-state index in [-0.39, 0.29) is 0 Å². The summed E-state index contributed by atoms with van der Waals surface area (Å²) in [6.45, 7) is 0. The predicted octanol–water partition coefficient (Wildman–Crippen LogP) is 5.98. The van der Waals surface area contributed by atoms with E-state index in [4.69, 9.17) is 14.2 Å². The Hall–Kier alpha value is -3.24. The minimum atomic E-state index is -2.36. The summed E-state index contributed by atoms with van der Waals surface area (Å²) in [6, 6.07) is 7.68. The summed E-state index contributed by atoms with van der Waals surface area (Å²) in [6.07, 6.45) is 12.6. The Kier molecular flexibility index (Phi) is 8.05. The number of benzene rings is 2. The molecule has 10 heteroatoms. The second kappa shape index (κ2) is 11.2. The largest absolute Gasteiger partial charge is 0.496 e. The summed E-state index contributed by atoms with van der Waals surface area (Å²) in [4.78, 5) is 8.72. The molecule has 0 bridgehead atoms. The summed E-state index contributed by atoms with van der Waals surface area (Å²) in [5, 5.41) is 3.84. The van der Waals surface area contributed by atoms with Gasteiger partial charge >= 0.3 is 0 Å². The van der Waals surface area contributed by atoms with Crippen LogP contribution in [0.1, 0.15) is 25.7 Å². The van der Waals surface area contributed by atoms with Crippen molar-refractivity contribution >= 4 is 37.8 Å². The Morgan fingerprint density at radius 3 is 2.56 bits per heavy atom. The number of hydrogen-bond acceptors (Lipinski definition) is 8. The van der Waals surface area contributed by atoms with Crippen molar-refractivity contribution in [3.8, 4) is 11.5 Å². The van der Waals surface area contributed by atoms with E-state index in [1.165, 1.54) is 25.6 Å². The van der Waals surface area contributed by atoms with Crippen LogP contribution in [0.3, 0.4) is 0 Å². The molecule has 1 saturated carbocycles. The molecule has 1 heterocycles. The van der Waals surface area contributed by atoms with Crippen LogP contribution < -0.4 is 14.8 Å². The Morgan fingerprint density at radius 1 is 1.08 bits per heavy atom. The van der Waals surface area contributed by atoms with Crippen LogP contribution in [0.15, 0.2) is 53.4 Å². The van der Waals surface area contributed by atoms with Crippen molar-refractivity contribution in [3.05, 3.63) is 54.8 Å². The monoisotopic (exact) mass is 514 g/mol. The number of allylic oxidation sites excluding steroid dienone is 1. The molecule has 0 unspecified atom stereocenters. The first-order chi connectivity index (χ1) is 17.3. The van der Waals surface area contributed by atoms with Gasteiger partial charge in [0.25, 0.3) is 0 Å². The van der Waals surface area contributed by atoms with E-state index in [1.54, 1.807) is 44.1 Å². The molecule has 192 valence electrons. The van der Waals surface area contributed by atoms with Crippen LogP contribution in [0.4, 0.5) is 21.6 Å². The van der Waals surface area contributed by atoms with Gasteiger partial charge in [0.05, 0.1) is 41.8 Å². The number of hydrogen-bond donors (Lipinski definition) is 1. The molecule has 0 spiro atoms. The zero-order valence-corrected chi connectivity index (χ0v) is 21.7. The third kappa shape index (κ3) is 6.50. The van der Waals surface area contributed by atoms with E-state index >= 15 is 0 Å². The molecule has 1 aliphatic rings. The Labute approximate surface area is 211 Å². The third-order valence-corrected chi connectivity index (χ3v) is 6.68. The van der Waals surface area contributed by atoms with Gasteiger partial charge in [0, 0.05) is 41.5 Å². The van der Waals surface area contributed by atoms with Crippen molar-refractivity contribution in [3.63, 3.8) is 0 Å². The van der Waals surface area contributed by atoms with Gasteiger partial charge in [-0.25, -0.2) is 18.6 Å². The minimum Gasteiger partial charge on any atom is -0.496 e. The molecule has 8 nitrogen and oxygen atoms in total. The number of aromatic nitrogens is 2. The predicted molar refractivity (Wildman–Crippen MR) is 140 cm³/mol. The number of nitrogens with zero attached hydrogens (tertiary/aromatic N) is 3. The zero-order valence-electron chi connectivity index (χ0n) is 20.9. The van der Waals surface area contributed by atoms with Gasteiger partial charge in [0.1, 0.15) is 23.7 Å². The van der Waals surface area contributed by atoms with Gasteiger partial charge in [-0.1, -0.05) is 0 Å². The summed E-state index contributed by atoms with van der Waals surface area (Å²) >= 11 is 0. The number of fused-ring (bicyclic) bond motifs is 1. The topological polar surface area (TPSA) is 94.9 Å². The van der Waals surface area contributed by atoms with Crippen LogP contribution in [-0.4, -0.2) is 47.0 Å². The lowest BCUT2D eigenvalue weighted by Gasteiger charge is -2.25. The fraction of sp³-hybridized carbons (Fsp3) is 0.385. The van der Waals surface area contributed by atoms with Crippen LogP contribution in [0, 0.1) is 11.7 Å². The van der Waals surface area contributed by atoms with Gasteiger partial charge in [-0.05, 0) is 55.9 Å². The molecule has 36 heavy (non-hydrogen) atoms. The van der Waals surface area contributed by atoms with Gasteiger partial charge in [-0.15, -0.1) is 0 Å². The minimum absolute atomic E-state index is 0.325. The summed E-state index contributed by atoms with van der Waals surface area (Å²) in [5.41, 5.74) is 1.59. The highest BCUT2D eigenvalue weighted by molar-refractivity contribution is 7.92. The van der Waals surface area contributed by atoms with Crippen LogP contribution in [-0.2, 0) is 14.5 Å². The van der Waals surface area contributed by atoms with Crippen LogP contribution >= 0.6 is 0 Å². The van der Waals surface area contributed by atoms with Crippen molar-refractivity contribution < 1.29 is 22.8 Å². The molecule has 2 aromatic carbocycles. The van der Waals surface area contributed by atoms with E-state index in [2.05, 4.69) is 19.6 Å². The van der Waals surface area contributed by atoms with E-state index in [9.17, 15) is 8.60 Å². The van der Waals surface area contributed by atoms with Crippen molar-refractivity contribution in [2.75, 3.05) is 32.0 Å². The van der Waals surface area contributed by atoms with E-state index < -0.39 is 15.5 Å². The first kappa shape index (κ1) is 25.8. The second-order valence-corrected chi connectivity index (χ2v) is 11.6. The summed E-state index contributed by atoms with van der Waals surface area (Å²) < 4.78 is 47.4. The summed E-state index contributed by atoms with van der Waals surface area (Å²) in [5.74, 6) is 1.23. The average molecular weight is 515 g/mol. The number of nitrogens with one attached hydrogen (secondary N) is 1. The lowest BCUT2D eigenvalue weighted by atomic mass is 9.87. The van der Waals surface area contributed by atoms with Gasteiger partial charge in [0.2, 0.25) is 0 Å². The van der Waals surface area contributed by atoms with Gasteiger partial charge in [0.15, 0.2) is 5.75 Å². The van der Waals surface area contributed by atoms with Gasteiger partial charge in [-0.3, -0.25) is 0 Å². The van der Waals surface area contributed by atoms with Crippen molar-refractivity contribution in [2.45, 2.75) is 31.8 Å². The smallest absolute Gasteiger partial charge is 0.152 e. The SMILES string of the molecule is COc1cc(N=S(C)(C)=O)cc2ncnc(Nc3ccc(F)cc3O/C=C/C3CCC(OC)CC3)c12. The molecule has 0 saturated heterocycles. The van der Waals surface area contributed by atoms with Crippen LogP contribution in [0.2, 0.25) is 0 Å². The van der Waals surface area contributed by atoms with Crippen LogP contribution in [0.5, 0.6) is 11.5 Å². The highest BCUT2D eigenvalue weighted by Crippen LogP contribution is 2.37. The Balaban J connectivity index is 1.61. The van der Waals surface area contributed by atoms with Crippen molar-refractivity contribution in [2.24, 2.45) is 10.3 Å². The molecule has 3 aromatic rings. The van der Waals surface area contributed by atoms with Crippen LogP contribution in [0.25, 0.3) is 10.9 Å². The van der Waals surface area contributed by atoms with Crippen molar-refractivity contribution in [1.29, 1.82) is 0 Å². The first-order valence-corrected chi connectivity index (χ1v) is 14.0. The number of halogens is 1. The summed E-state index contributed by atoms with van der Waals surface area (Å²) in [7, 11) is 0.916. The molecule has 0 radical (unpaired) electrons. The number of ether oxygens (including phenoxy) is 3. The highest BCUT2D eigenvalue weighted by Gasteiger charge is 2.19. The lowest BCUT2D eigenvalue weighted by molar-refractivity contribution is 0.0625. The van der Waals surface area contributed by atoms with E-state index in [0.29, 0.717) is 51.6 Å². The molecular weight excluding hydrogens is 483 g/mol. The molecule has 1 aliphatic carbocycles. The standard InChI is InChI=1S/C26H31FN4O4S/c1-33-20-8-5-17(6-9-20)11-12-35-23-13-18(27)7-10-21(23)30-26-25-22(28-16-29-26)14-19(15-24(25)34-2)31-36(3,4)32/h7,10-17,20H,5-6,8-9H2,1-4H3,(H,28,29,30)/b12-11+. The molecule has 0 aliphatic heterocycles. The Morgan fingerprint density at radius 2 is 1.86 bits per heavy atom. The molecule has 0 atom stereocenters. The third-order valence-electron chi connectivity index (χ3n) is 6.03. The highest BCUT2D eigenvalue weighted by atomic mass is 32.2. The fourth-order valence-electron chi connectivity index (χ4n) is 4.27. The van der Waals surface area contributed by atoms with E-state index in [1.807, 2.05) is 6.08 Å². The molecule has 1 fully saturated rings. The lowest BCUT2D eigenvalue weighted by Crippen LogP contribution is -2.19. The molecule has 1 aromatic heterocycles. The van der Waals surface area contributed by atoms with Gasteiger partial charge in [-0.2, -0.15) is 4.36 Å². The Bertz CT molecular complexity index is 1370.